The Morgan fingerprint density at radius 3 is 2.96 bits per heavy atom. The number of rotatable bonds is 3. The van der Waals surface area contributed by atoms with Gasteiger partial charge in [-0.25, -0.2) is 4.79 Å². The zero-order chi connectivity index (χ0) is 19.9. The molecule has 0 unspecified atom stereocenters. The molecule has 2 heterocycles. The SMILES string of the molecule is Cc1cc(=O)oc2c(C)c(OCC(=O)N3CC[C@]4(O)CCCC[C@@H]4C3)ccc12. The van der Waals surface area contributed by atoms with Crippen LogP contribution in [0.3, 0.4) is 0 Å². The van der Waals surface area contributed by atoms with Crippen LogP contribution in [-0.4, -0.2) is 41.2 Å². The Kier molecular flexibility index (Phi) is 4.91. The van der Waals surface area contributed by atoms with E-state index in [1.807, 2.05) is 30.9 Å². The number of likely N-dealkylation sites (tertiary alicyclic amines) is 1. The fourth-order valence-corrected chi connectivity index (χ4v) is 4.68. The molecule has 6 nitrogen and oxygen atoms in total. The summed E-state index contributed by atoms with van der Waals surface area (Å²) in [7, 11) is 0. The Balaban J connectivity index is 1.45. The molecule has 1 saturated carbocycles. The number of hydrogen-bond donors (Lipinski definition) is 1. The molecule has 2 aliphatic rings. The van der Waals surface area contributed by atoms with Crippen molar-refractivity contribution in [2.45, 2.75) is 51.6 Å². The van der Waals surface area contributed by atoms with E-state index in [2.05, 4.69) is 0 Å². The second-order valence-electron chi connectivity index (χ2n) is 8.24. The molecule has 1 aromatic heterocycles. The van der Waals surface area contributed by atoms with Crippen LogP contribution >= 0.6 is 0 Å². The smallest absolute Gasteiger partial charge is 0.336 e. The predicted octanol–water partition coefficient (Wildman–Crippen LogP) is 2.94. The fourth-order valence-electron chi connectivity index (χ4n) is 4.68. The number of hydrogen-bond acceptors (Lipinski definition) is 5. The van der Waals surface area contributed by atoms with Crippen molar-refractivity contribution in [3.05, 3.63) is 39.7 Å². The highest BCUT2D eigenvalue weighted by molar-refractivity contribution is 5.85. The lowest BCUT2D eigenvalue weighted by Crippen LogP contribution is -2.55. The van der Waals surface area contributed by atoms with Crippen LogP contribution in [0.2, 0.25) is 0 Å². The van der Waals surface area contributed by atoms with E-state index in [1.54, 1.807) is 0 Å². The Bertz CT molecular complexity index is 965. The number of amides is 1. The quantitative estimate of drug-likeness (QED) is 0.822. The van der Waals surface area contributed by atoms with Crippen LogP contribution in [0.1, 0.15) is 43.2 Å². The van der Waals surface area contributed by atoms with E-state index in [1.165, 1.54) is 6.07 Å². The summed E-state index contributed by atoms with van der Waals surface area (Å²) in [5, 5.41) is 11.6. The van der Waals surface area contributed by atoms with Crippen molar-refractivity contribution >= 4 is 16.9 Å². The number of benzene rings is 1. The molecule has 0 spiro atoms. The Labute approximate surface area is 164 Å². The molecule has 4 rings (SSSR count). The third-order valence-electron chi connectivity index (χ3n) is 6.45. The lowest BCUT2D eigenvalue weighted by atomic mass is 9.71. The van der Waals surface area contributed by atoms with Crippen LogP contribution in [0.15, 0.2) is 27.4 Å². The summed E-state index contributed by atoms with van der Waals surface area (Å²) in [6, 6.07) is 5.13. The van der Waals surface area contributed by atoms with Crippen molar-refractivity contribution in [3.63, 3.8) is 0 Å². The summed E-state index contributed by atoms with van der Waals surface area (Å²) >= 11 is 0. The molecule has 2 fully saturated rings. The maximum Gasteiger partial charge on any atom is 0.336 e. The molecular formula is C22H27NO5. The van der Waals surface area contributed by atoms with Gasteiger partial charge in [0.1, 0.15) is 11.3 Å². The largest absolute Gasteiger partial charge is 0.483 e. The van der Waals surface area contributed by atoms with E-state index in [4.69, 9.17) is 9.15 Å². The van der Waals surface area contributed by atoms with Crippen LogP contribution in [0, 0.1) is 19.8 Å². The van der Waals surface area contributed by atoms with Gasteiger partial charge < -0.3 is 19.2 Å². The van der Waals surface area contributed by atoms with Crippen molar-refractivity contribution in [1.29, 1.82) is 0 Å². The molecule has 2 atom stereocenters. The second-order valence-corrected chi connectivity index (χ2v) is 8.24. The average molecular weight is 385 g/mol. The summed E-state index contributed by atoms with van der Waals surface area (Å²) in [4.78, 5) is 26.2. The lowest BCUT2D eigenvalue weighted by molar-refractivity contribution is -0.145. The standard InChI is InChI=1S/C22H27NO5/c1-14-11-20(25)28-21-15(2)18(7-6-17(14)21)27-13-19(24)23-10-9-22(26)8-4-3-5-16(22)12-23/h6-7,11,16,26H,3-5,8-10,12-13H2,1-2H3/t16-,22-/m1/s1. The highest BCUT2D eigenvalue weighted by Gasteiger charge is 2.43. The molecule has 1 aliphatic carbocycles. The van der Waals surface area contributed by atoms with E-state index >= 15 is 0 Å². The van der Waals surface area contributed by atoms with Gasteiger partial charge in [-0.15, -0.1) is 0 Å². The van der Waals surface area contributed by atoms with Gasteiger partial charge in [-0.2, -0.15) is 0 Å². The monoisotopic (exact) mass is 385 g/mol. The molecule has 1 aromatic carbocycles. The Hall–Kier alpha value is -2.34. The van der Waals surface area contributed by atoms with E-state index in [0.717, 1.165) is 36.6 Å². The zero-order valence-electron chi connectivity index (χ0n) is 16.5. The highest BCUT2D eigenvalue weighted by atomic mass is 16.5. The number of nitrogens with zero attached hydrogens (tertiary/aromatic N) is 1. The van der Waals surface area contributed by atoms with Gasteiger partial charge in [-0.3, -0.25) is 4.79 Å². The molecule has 1 saturated heterocycles. The summed E-state index contributed by atoms with van der Waals surface area (Å²) in [5.41, 5.74) is 1.08. The van der Waals surface area contributed by atoms with Gasteiger partial charge in [0.25, 0.3) is 5.91 Å². The molecule has 6 heteroatoms. The molecule has 1 aliphatic heterocycles. The lowest BCUT2D eigenvalue weighted by Gasteiger charge is -2.47. The predicted molar refractivity (Wildman–Crippen MR) is 106 cm³/mol. The number of ether oxygens (including phenoxy) is 1. The summed E-state index contributed by atoms with van der Waals surface area (Å²) in [6.45, 7) is 4.80. The molecule has 0 radical (unpaired) electrons. The van der Waals surface area contributed by atoms with Gasteiger partial charge >= 0.3 is 5.63 Å². The second kappa shape index (κ2) is 7.24. The van der Waals surface area contributed by atoms with Gasteiger partial charge in [-0.1, -0.05) is 12.8 Å². The van der Waals surface area contributed by atoms with Crippen LogP contribution in [-0.2, 0) is 4.79 Å². The van der Waals surface area contributed by atoms with Gasteiger partial charge in [0, 0.05) is 36.0 Å². The molecule has 28 heavy (non-hydrogen) atoms. The summed E-state index contributed by atoms with van der Waals surface area (Å²) in [6.07, 6.45) is 4.65. The average Bonchev–Trinajstić information content (AvgIpc) is 2.67. The van der Waals surface area contributed by atoms with E-state index in [9.17, 15) is 14.7 Å². The molecular weight excluding hydrogens is 358 g/mol. The Morgan fingerprint density at radius 1 is 1.32 bits per heavy atom. The summed E-state index contributed by atoms with van der Waals surface area (Å²) < 4.78 is 11.1. The molecule has 0 bridgehead atoms. The number of carbonyl (C=O) groups is 1. The van der Waals surface area contributed by atoms with Crippen molar-refractivity contribution in [2.24, 2.45) is 5.92 Å². The van der Waals surface area contributed by atoms with Gasteiger partial charge in [0.05, 0.1) is 5.60 Å². The molecule has 1 N–H and O–H groups in total. The van der Waals surface area contributed by atoms with E-state index < -0.39 is 11.2 Å². The first kappa shape index (κ1) is 19.0. The van der Waals surface area contributed by atoms with Gasteiger partial charge in [0.2, 0.25) is 0 Å². The third kappa shape index (κ3) is 3.41. The van der Waals surface area contributed by atoms with Crippen LogP contribution in [0.5, 0.6) is 5.75 Å². The maximum absolute atomic E-state index is 12.7. The van der Waals surface area contributed by atoms with Crippen molar-refractivity contribution < 1.29 is 19.1 Å². The number of carbonyl (C=O) groups excluding carboxylic acids is 1. The first-order valence-corrected chi connectivity index (χ1v) is 10.0. The van der Waals surface area contributed by atoms with Crippen molar-refractivity contribution in [1.82, 2.24) is 4.90 Å². The highest BCUT2D eigenvalue weighted by Crippen LogP contribution is 2.39. The molecule has 1 amide bonds. The number of piperidine rings is 1. The summed E-state index contributed by atoms with van der Waals surface area (Å²) in [5.74, 6) is 0.636. The zero-order valence-corrected chi connectivity index (χ0v) is 16.5. The molecule has 2 aromatic rings. The van der Waals surface area contributed by atoms with Crippen LogP contribution in [0.4, 0.5) is 0 Å². The third-order valence-corrected chi connectivity index (χ3v) is 6.45. The topological polar surface area (TPSA) is 80.0 Å². The number of aryl methyl sites for hydroxylation is 2. The van der Waals surface area contributed by atoms with Gasteiger partial charge in [-0.05, 0) is 50.8 Å². The van der Waals surface area contributed by atoms with Crippen LogP contribution < -0.4 is 10.4 Å². The first-order chi connectivity index (χ1) is 13.4. The minimum atomic E-state index is -0.597. The van der Waals surface area contributed by atoms with Crippen LogP contribution in [0.25, 0.3) is 11.0 Å². The van der Waals surface area contributed by atoms with E-state index in [0.29, 0.717) is 36.4 Å². The van der Waals surface area contributed by atoms with Gasteiger partial charge in [0.15, 0.2) is 6.61 Å². The van der Waals surface area contributed by atoms with Crippen molar-refractivity contribution in [2.75, 3.05) is 19.7 Å². The first-order valence-electron chi connectivity index (χ1n) is 10.0. The van der Waals surface area contributed by atoms with Crippen molar-refractivity contribution in [3.8, 4) is 5.75 Å². The van der Waals surface area contributed by atoms with E-state index in [-0.39, 0.29) is 18.4 Å². The minimum Gasteiger partial charge on any atom is -0.483 e. The minimum absolute atomic E-state index is 0.0620. The molecule has 150 valence electrons. The normalized spacial score (nSPS) is 24.8. The fraction of sp³-hybridized carbons (Fsp3) is 0.545. The number of aliphatic hydroxyl groups is 1. The Morgan fingerprint density at radius 2 is 2.14 bits per heavy atom. The maximum atomic E-state index is 12.7. The number of fused-ring (bicyclic) bond motifs is 2.